The Hall–Kier alpha value is -1.85. The Morgan fingerprint density at radius 1 is 1.37 bits per heavy atom. The molecule has 1 amide bonds. The lowest BCUT2D eigenvalue weighted by Gasteiger charge is -2.30. The molecule has 1 aromatic rings. The second kappa shape index (κ2) is 5.42. The Kier molecular flexibility index (Phi) is 3.87. The Balaban J connectivity index is 1.93. The second-order valence-electron chi connectivity index (χ2n) is 4.97. The molecule has 0 bridgehead atoms. The number of carbonyl (C=O) groups is 2. The van der Waals surface area contributed by atoms with Crippen molar-refractivity contribution >= 4 is 11.9 Å². The van der Waals surface area contributed by atoms with Gasteiger partial charge in [-0.2, -0.15) is 0 Å². The van der Waals surface area contributed by atoms with E-state index in [0.29, 0.717) is 31.7 Å². The van der Waals surface area contributed by atoms with Crippen LogP contribution < -0.4 is 0 Å². The van der Waals surface area contributed by atoms with Crippen molar-refractivity contribution in [2.24, 2.45) is 5.92 Å². The highest BCUT2D eigenvalue weighted by Gasteiger charge is 2.27. The van der Waals surface area contributed by atoms with Crippen molar-refractivity contribution in [3.63, 3.8) is 0 Å². The summed E-state index contributed by atoms with van der Waals surface area (Å²) in [6.07, 6.45) is 1.34. The van der Waals surface area contributed by atoms with Gasteiger partial charge in [0, 0.05) is 18.7 Å². The summed E-state index contributed by atoms with van der Waals surface area (Å²) in [5.74, 6) is -0.398. The third-order valence-electron chi connectivity index (χ3n) is 3.71. The molecule has 1 fully saturated rings. The van der Waals surface area contributed by atoms with Crippen molar-refractivity contribution in [3.8, 4) is 0 Å². The van der Waals surface area contributed by atoms with Crippen molar-refractivity contribution in [1.82, 2.24) is 10.1 Å². The van der Waals surface area contributed by atoms with Gasteiger partial charge in [0.1, 0.15) is 5.76 Å². The van der Waals surface area contributed by atoms with Crippen molar-refractivity contribution in [3.05, 3.63) is 17.0 Å². The van der Waals surface area contributed by atoms with E-state index in [1.807, 2.05) is 6.92 Å². The molecule has 0 aromatic carbocycles. The zero-order valence-electron chi connectivity index (χ0n) is 11.2. The average molecular weight is 266 g/mol. The summed E-state index contributed by atoms with van der Waals surface area (Å²) >= 11 is 0. The third-order valence-corrected chi connectivity index (χ3v) is 3.71. The van der Waals surface area contributed by atoms with Crippen molar-refractivity contribution in [2.75, 3.05) is 13.1 Å². The predicted molar refractivity (Wildman–Crippen MR) is 66.6 cm³/mol. The number of carboxylic acid groups (broad SMARTS) is 1. The van der Waals surface area contributed by atoms with E-state index in [2.05, 4.69) is 5.16 Å². The number of piperidine rings is 1. The van der Waals surface area contributed by atoms with Gasteiger partial charge in [0.15, 0.2) is 0 Å². The fourth-order valence-corrected chi connectivity index (χ4v) is 2.39. The van der Waals surface area contributed by atoms with Crippen LogP contribution in [0.15, 0.2) is 4.52 Å². The van der Waals surface area contributed by atoms with Gasteiger partial charge in [-0.05, 0) is 26.7 Å². The topological polar surface area (TPSA) is 83.6 Å². The number of aryl methyl sites for hydroxylation is 2. The van der Waals surface area contributed by atoms with E-state index in [1.165, 1.54) is 0 Å². The number of carbonyl (C=O) groups excluding carboxylic acids is 1. The van der Waals surface area contributed by atoms with Crippen LogP contribution in [0.5, 0.6) is 0 Å². The lowest BCUT2D eigenvalue weighted by atomic mass is 9.96. The van der Waals surface area contributed by atoms with Crippen molar-refractivity contribution < 1.29 is 19.2 Å². The molecule has 2 heterocycles. The first-order chi connectivity index (χ1) is 8.99. The maximum absolute atomic E-state index is 12.2. The van der Waals surface area contributed by atoms with Gasteiger partial charge >= 0.3 is 5.97 Å². The highest BCUT2D eigenvalue weighted by molar-refractivity contribution is 5.79. The van der Waals surface area contributed by atoms with E-state index in [4.69, 9.17) is 9.63 Å². The summed E-state index contributed by atoms with van der Waals surface area (Å²) in [5.41, 5.74) is 1.58. The van der Waals surface area contributed by atoms with E-state index in [-0.39, 0.29) is 18.2 Å². The number of hydrogen-bond donors (Lipinski definition) is 1. The molecule has 0 radical (unpaired) electrons. The summed E-state index contributed by atoms with van der Waals surface area (Å²) in [5, 5.41) is 12.7. The number of aromatic nitrogens is 1. The first-order valence-corrected chi connectivity index (χ1v) is 6.41. The van der Waals surface area contributed by atoms with Crippen LogP contribution in [-0.2, 0) is 16.0 Å². The number of aliphatic carboxylic acids is 1. The second-order valence-corrected chi connectivity index (χ2v) is 4.97. The molecule has 0 atom stereocenters. The van der Waals surface area contributed by atoms with E-state index in [1.54, 1.807) is 11.8 Å². The van der Waals surface area contributed by atoms with Crippen LogP contribution >= 0.6 is 0 Å². The number of amides is 1. The summed E-state index contributed by atoms with van der Waals surface area (Å²) in [7, 11) is 0. The smallest absolute Gasteiger partial charge is 0.306 e. The van der Waals surface area contributed by atoms with Gasteiger partial charge in [-0.25, -0.2) is 0 Å². The Labute approximate surface area is 111 Å². The number of hydrogen-bond acceptors (Lipinski definition) is 4. The molecule has 1 aliphatic rings. The maximum atomic E-state index is 12.2. The van der Waals surface area contributed by atoms with Crippen molar-refractivity contribution in [1.29, 1.82) is 0 Å². The molecule has 19 heavy (non-hydrogen) atoms. The lowest BCUT2D eigenvalue weighted by molar-refractivity contribution is -0.145. The lowest BCUT2D eigenvalue weighted by Crippen LogP contribution is -2.41. The van der Waals surface area contributed by atoms with Gasteiger partial charge in [-0.3, -0.25) is 9.59 Å². The monoisotopic (exact) mass is 266 g/mol. The van der Waals surface area contributed by atoms with Gasteiger partial charge in [0.2, 0.25) is 5.91 Å². The molecular weight excluding hydrogens is 248 g/mol. The molecule has 1 N–H and O–H groups in total. The molecular formula is C13H18N2O4. The predicted octanol–water partition coefficient (Wildman–Crippen LogP) is 1.16. The minimum atomic E-state index is -0.766. The quantitative estimate of drug-likeness (QED) is 0.887. The number of nitrogens with zero attached hydrogens (tertiary/aromatic N) is 2. The molecule has 2 rings (SSSR count). The van der Waals surface area contributed by atoms with Crippen LogP contribution in [0, 0.1) is 19.8 Å². The van der Waals surface area contributed by atoms with Crippen LogP contribution in [0.25, 0.3) is 0 Å². The van der Waals surface area contributed by atoms with Crippen LogP contribution in [0.2, 0.25) is 0 Å². The van der Waals surface area contributed by atoms with Crippen LogP contribution in [0.4, 0.5) is 0 Å². The van der Waals surface area contributed by atoms with Gasteiger partial charge in [0.05, 0.1) is 18.0 Å². The molecule has 104 valence electrons. The summed E-state index contributed by atoms with van der Waals surface area (Å²) in [6, 6.07) is 0. The van der Waals surface area contributed by atoms with Gasteiger partial charge in [-0.15, -0.1) is 0 Å². The Bertz CT molecular complexity index is 467. The largest absolute Gasteiger partial charge is 0.481 e. The van der Waals surface area contributed by atoms with Gasteiger partial charge in [-0.1, -0.05) is 5.16 Å². The van der Waals surface area contributed by atoms with Crippen LogP contribution in [-0.4, -0.2) is 40.1 Å². The van der Waals surface area contributed by atoms with Gasteiger partial charge in [0.25, 0.3) is 0 Å². The number of carboxylic acids is 1. The number of likely N-dealkylation sites (tertiary alicyclic amines) is 1. The first-order valence-electron chi connectivity index (χ1n) is 6.41. The highest BCUT2D eigenvalue weighted by atomic mass is 16.5. The molecule has 1 aliphatic heterocycles. The minimum absolute atomic E-state index is 0.0123. The highest BCUT2D eigenvalue weighted by Crippen LogP contribution is 2.19. The van der Waals surface area contributed by atoms with Crippen LogP contribution in [0.1, 0.15) is 29.9 Å². The van der Waals surface area contributed by atoms with Crippen molar-refractivity contribution in [2.45, 2.75) is 33.1 Å². The van der Waals surface area contributed by atoms with Gasteiger partial charge < -0.3 is 14.5 Å². The zero-order valence-corrected chi connectivity index (χ0v) is 11.2. The van der Waals surface area contributed by atoms with E-state index in [9.17, 15) is 9.59 Å². The molecule has 1 saturated heterocycles. The molecule has 1 aromatic heterocycles. The third kappa shape index (κ3) is 2.94. The molecule has 6 nitrogen and oxygen atoms in total. The first kappa shape index (κ1) is 13.6. The number of rotatable bonds is 3. The minimum Gasteiger partial charge on any atom is -0.481 e. The average Bonchev–Trinajstić information content (AvgIpc) is 2.70. The zero-order chi connectivity index (χ0) is 14.0. The summed E-state index contributed by atoms with van der Waals surface area (Å²) in [4.78, 5) is 24.7. The SMILES string of the molecule is Cc1noc(C)c1CC(=O)N1CCC(C(=O)O)CC1. The Morgan fingerprint density at radius 2 is 2.00 bits per heavy atom. The van der Waals surface area contributed by atoms with E-state index < -0.39 is 5.97 Å². The maximum Gasteiger partial charge on any atom is 0.306 e. The summed E-state index contributed by atoms with van der Waals surface area (Å²) in [6.45, 7) is 4.63. The standard InChI is InChI=1S/C13H18N2O4/c1-8-11(9(2)19-14-8)7-12(16)15-5-3-10(4-6-15)13(17)18/h10H,3-7H2,1-2H3,(H,17,18). The molecule has 0 unspecified atom stereocenters. The van der Waals surface area contributed by atoms with E-state index >= 15 is 0 Å². The molecule has 0 saturated carbocycles. The molecule has 6 heteroatoms. The fourth-order valence-electron chi connectivity index (χ4n) is 2.39. The van der Waals surface area contributed by atoms with E-state index in [0.717, 1.165) is 11.3 Å². The fraction of sp³-hybridized carbons (Fsp3) is 0.615. The van der Waals surface area contributed by atoms with Crippen LogP contribution in [0.3, 0.4) is 0 Å². The normalized spacial score (nSPS) is 16.6. The molecule has 0 aliphatic carbocycles. The molecule has 0 spiro atoms. The Morgan fingerprint density at radius 3 is 2.47 bits per heavy atom. The summed E-state index contributed by atoms with van der Waals surface area (Å²) < 4.78 is 5.03.